The van der Waals surface area contributed by atoms with Crippen molar-refractivity contribution >= 4 is 5.69 Å². The van der Waals surface area contributed by atoms with Crippen molar-refractivity contribution in [1.82, 2.24) is 4.90 Å². The first-order valence-corrected chi connectivity index (χ1v) is 7.31. The van der Waals surface area contributed by atoms with Crippen molar-refractivity contribution < 1.29 is 0 Å². The molecular weight excluding hydrogens is 220 g/mol. The SMILES string of the molecule is CCC(CC)Nc1cccc(CN(CC)CC)c1. The average molecular weight is 248 g/mol. The van der Waals surface area contributed by atoms with E-state index in [9.17, 15) is 0 Å². The molecule has 102 valence electrons. The molecule has 0 saturated heterocycles. The van der Waals surface area contributed by atoms with Crippen molar-refractivity contribution in [1.29, 1.82) is 0 Å². The third-order valence-electron chi connectivity index (χ3n) is 3.58. The first kappa shape index (κ1) is 15.0. The van der Waals surface area contributed by atoms with Crippen LogP contribution in [0.2, 0.25) is 0 Å². The van der Waals surface area contributed by atoms with Crippen LogP contribution in [0.25, 0.3) is 0 Å². The number of hydrogen-bond donors (Lipinski definition) is 1. The van der Waals surface area contributed by atoms with E-state index in [1.54, 1.807) is 0 Å². The maximum absolute atomic E-state index is 3.61. The number of hydrogen-bond acceptors (Lipinski definition) is 2. The fraction of sp³-hybridized carbons (Fsp3) is 0.625. The maximum Gasteiger partial charge on any atom is 0.0345 e. The van der Waals surface area contributed by atoms with Crippen LogP contribution >= 0.6 is 0 Å². The number of benzene rings is 1. The van der Waals surface area contributed by atoms with Crippen LogP contribution in [0.15, 0.2) is 24.3 Å². The molecule has 0 aliphatic carbocycles. The molecule has 1 rings (SSSR count). The lowest BCUT2D eigenvalue weighted by Crippen LogP contribution is -2.22. The fourth-order valence-electron chi connectivity index (χ4n) is 2.19. The molecule has 0 aliphatic heterocycles. The second-order valence-electron chi connectivity index (χ2n) is 4.82. The number of nitrogens with zero attached hydrogens (tertiary/aromatic N) is 1. The van der Waals surface area contributed by atoms with Crippen LogP contribution in [0.1, 0.15) is 46.1 Å². The van der Waals surface area contributed by atoms with Crippen molar-refractivity contribution in [2.75, 3.05) is 18.4 Å². The Kier molecular flexibility index (Phi) is 6.81. The fourth-order valence-corrected chi connectivity index (χ4v) is 2.19. The van der Waals surface area contributed by atoms with Gasteiger partial charge in [-0.1, -0.05) is 39.8 Å². The summed E-state index contributed by atoms with van der Waals surface area (Å²) in [4.78, 5) is 2.44. The molecule has 2 heteroatoms. The van der Waals surface area contributed by atoms with Crippen LogP contribution in [0, 0.1) is 0 Å². The number of nitrogens with one attached hydrogen (secondary N) is 1. The van der Waals surface area contributed by atoms with Crippen LogP contribution < -0.4 is 5.32 Å². The Morgan fingerprint density at radius 3 is 2.28 bits per heavy atom. The van der Waals surface area contributed by atoms with Crippen molar-refractivity contribution in [3.05, 3.63) is 29.8 Å². The molecule has 0 atom stereocenters. The van der Waals surface area contributed by atoms with Crippen LogP contribution in [0.5, 0.6) is 0 Å². The first-order chi connectivity index (χ1) is 8.73. The van der Waals surface area contributed by atoms with Crippen molar-refractivity contribution in [2.45, 2.75) is 53.1 Å². The van der Waals surface area contributed by atoms with E-state index in [1.807, 2.05) is 0 Å². The van der Waals surface area contributed by atoms with Gasteiger partial charge in [-0.25, -0.2) is 0 Å². The van der Waals surface area contributed by atoms with Crippen LogP contribution in [0.3, 0.4) is 0 Å². The Labute approximate surface area is 112 Å². The highest BCUT2D eigenvalue weighted by atomic mass is 15.1. The summed E-state index contributed by atoms with van der Waals surface area (Å²) in [6.45, 7) is 12.2. The highest BCUT2D eigenvalue weighted by Crippen LogP contribution is 2.15. The normalized spacial score (nSPS) is 11.2. The van der Waals surface area contributed by atoms with E-state index in [-0.39, 0.29) is 0 Å². The molecule has 2 nitrogen and oxygen atoms in total. The highest BCUT2D eigenvalue weighted by Gasteiger charge is 2.05. The second kappa shape index (κ2) is 8.15. The van der Waals surface area contributed by atoms with Gasteiger partial charge in [0, 0.05) is 18.3 Å². The summed E-state index contributed by atoms with van der Waals surface area (Å²) in [5.41, 5.74) is 2.66. The zero-order chi connectivity index (χ0) is 13.4. The highest BCUT2D eigenvalue weighted by molar-refractivity contribution is 5.46. The van der Waals surface area contributed by atoms with E-state index in [0.29, 0.717) is 6.04 Å². The molecule has 0 unspecified atom stereocenters. The molecule has 0 aliphatic rings. The van der Waals surface area contributed by atoms with E-state index < -0.39 is 0 Å². The second-order valence-corrected chi connectivity index (χ2v) is 4.82. The molecule has 18 heavy (non-hydrogen) atoms. The average Bonchev–Trinajstić information content (AvgIpc) is 2.42. The lowest BCUT2D eigenvalue weighted by Gasteiger charge is -2.20. The zero-order valence-corrected chi connectivity index (χ0v) is 12.4. The van der Waals surface area contributed by atoms with Crippen molar-refractivity contribution in [3.8, 4) is 0 Å². The van der Waals surface area contributed by atoms with Gasteiger partial charge in [-0.15, -0.1) is 0 Å². The first-order valence-electron chi connectivity index (χ1n) is 7.31. The topological polar surface area (TPSA) is 15.3 Å². The van der Waals surface area contributed by atoms with Gasteiger partial charge in [0.2, 0.25) is 0 Å². The van der Waals surface area contributed by atoms with E-state index >= 15 is 0 Å². The Balaban J connectivity index is 2.66. The van der Waals surface area contributed by atoms with E-state index in [0.717, 1.165) is 19.6 Å². The smallest absolute Gasteiger partial charge is 0.0345 e. The third-order valence-corrected chi connectivity index (χ3v) is 3.58. The monoisotopic (exact) mass is 248 g/mol. The number of anilines is 1. The third kappa shape index (κ3) is 4.69. The molecule has 1 aromatic carbocycles. The van der Waals surface area contributed by atoms with Crippen LogP contribution in [-0.4, -0.2) is 24.0 Å². The van der Waals surface area contributed by atoms with Gasteiger partial charge in [0.05, 0.1) is 0 Å². The molecule has 0 amide bonds. The summed E-state index contributed by atoms with van der Waals surface area (Å²) in [5, 5.41) is 3.61. The van der Waals surface area contributed by atoms with E-state index in [2.05, 4.69) is 62.2 Å². The van der Waals surface area contributed by atoms with E-state index in [4.69, 9.17) is 0 Å². The molecule has 0 radical (unpaired) electrons. The Hall–Kier alpha value is -1.02. The Morgan fingerprint density at radius 2 is 1.72 bits per heavy atom. The molecule has 0 bridgehead atoms. The number of rotatable bonds is 8. The predicted octanol–water partition coefficient (Wildman–Crippen LogP) is 4.13. The lowest BCUT2D eigenvalue weighted by atomic mass is 10.1. The predicted molar refractivity (Wildman–Crippen MR) is 81.1 cm³/mol. The van der Waals surface area contributed by atoms with Gasteiger partial charge in [0.15, 0.2) is 0 Å². The molecule has 1 aromatic rings. The van der Waals surface area contributed by atoms with Gasteiger partial charge in [-0.2, -0.15) is 0 Å². The van der Waals surface area contributed by atoms with Crippen molar-refractivity contribution in [2.24, 2.45) is 0 Å². The quantitative estimate of drug-likeness (QED) is 0.744. The minimum atomic E-state index is 0.591. The van der Waals surface area contributed by atoms with Gasteiger partial charge in [0.1, 0.15) is 0 Å². The summed E-state index contributed by atoms with van der Waals surface area (Å²) >= 11 is 0. The summed E-state index contributed by atoms with van der Waals surface area (Å²) in [6.07, 6.45) is 2.35. The summed E-state index contributed by atoms with van der Waals surface area (Å²) in [5.74, 6) is 0. The molecular formula is C16H28N2. The maximum atomic E-state index is 3.61. The van der Waals surface area contributed by atoms with Crippen LogP contribution in [-0.2, 0) is 6.54 Å². The Morgan fingerprint density at radius 1 is 1.06 bits per heavy atom. The summed E-state index contributed by atoms with van der Waals surface area (Å²) in [7, 11) is 0. The minimum absolute atomic E-state index is 0.591. The molecule has 0 spiro atoms. The standard InChI is InChI=1S/C16H28N2/c1-5-15(6-2)17-16-11-9-10-14(12-16)13-18(7-3)8-4/h9-12,15,17H,5-8,13H2,1-4H3. The zero-order valence-electron chi connectivity index (χ0n) is 12.4. The summed E-state index contributed by atoms with van der Waals surface area (Å²) in [6, 6.07) is 9.43. The van der Waals surface area contributed by atoms with Gasteiger partial charge >= 0.3 is 0 Å². The molecule has 1 N–H and O–H groups in total. The Bertz CT molecular complexity index is 298. The molecule has 0 saturated carbocycles. The van der Waals surface area contributed by atoms with Crippen molar-refractivity contribution in [3.63, 3.8) is 0 Å². The van der Waals surface area contributed by atoms with E-state index in [1.165, 1.54) is 24.1 Å². The van der Waals surface area contributed by atoms with Gasteiger partial charge in [0.25, 0.3) is 0 Å². The molecule has 0 heterocycles. The summed E-state index contributed by atoms with van der Waals surface area (Å²) < 4.78 is 0. The van der Waals surface area contributed by atoms with Gasteiger partial charge < -0.3 is 5.32 Å². The van der Waals surface area contributed by atoms with Crippen LogP contribution in [0.4, 0.5) is 5.69 Å². The lowest BCUT2D eigenvalue weighted by molar-refractivity contribution is 0.296. The molecule has 0 fully saturated rings. The minimum Gasteiger partial charge on any atom is -0.382 e. The largest absolute Gasteiger partial charge is 0.382 e. The molecule has 0 aromatic heterocycles. The van der Waals surface area contributed by atoms with Gasteiger partial charge in [-0.05, 0) is 43.6 Å². The van der Waals surface area contributed by atoms with Gasteiger partial charge in [-0.3, -0.25) is 4.90 Å².